The highest BCUT2D eigenvalue weighted by atomic mass is 32.2. The first kappa shape index (κ1) is 23.8. The summed E-state index contributed by atoms with van der Waals surface area (Å²) in [6.07, 6.45) is 1.03. The van der Waals surface area contributed by atoms with Crippen LogP contribution in [0.1, 0.15) is 23.2 Å². The van der Waals surface area contributed by atoms with Gasteiger partial charge in [-0.25, -0.2) is 12.8 Å². The zero-order valence-electron chi connectivity index (χ0n) is 17.7. The second kappa shape index (κ2) is 10.7. The molecule has 0 saturated carbocycles. The molecular weight excluding hydrogens is 437 g/mol. The summed E-state index contributed by atoms with van der Waals surface area (Å²) in [5.74, 6) is -1.81. The molecule has 2 amide bonds. The van der Waals surface area contributed by atoms with Crippen LogP contribution in [0, 0.1) is 11.7 Å². The SMILES string of the molecule is COCCNC(=O)c1ccccc1NC(=O)[C@@H]1CCCN(S(=O)(=O)c2ccc(F)cc2)C1. The first-order valence-corrected chi connectivity index (χ1v) is 11.7. The number of amides is 2. The van der Waals surface area contributed by atoms with E-state index in [2.05, 4.69) is 10.6 Å². The number of rotatable bonds is 8. The van der Waals surface area contributed by atoms with Gasteiger partial charge in [0.15, 0.2) is 0 Å². The Hall–Kier alpha value is -2.82. The quantitative estimate of drug-likeness (QED) is 0.585. The van der Waals surface area contributed by atoms with Crippen molar-refractivity contribution in [2.75, 3.05) is 38.7 Å². The number of ether oxygens (including phenoxy) is 1. The summed E-state index contributed by atoms with van der Waals surface area (Å²) < 4.78 is 45.1. The number of piperidine rings is 1. The van der Waals surface area contributed by atoms with Gasteiger partial charge in [0.05, 0.1) is 28.7 Å². The molecule has 2 aromatic carbocycles. The molecule has 10 heteroatoms. The highest BCUT2D eigenvalue weighted by Gasteiger charge is 2.33. The zero-order chi connectivity index (χ0) is 23.1. The molecule has 1 saturated heterocycles. The number of nitrogens with zero attached hydrogens (tertiary/aromatic N) is 1. The average Bonchev–Trinajstić information content (AvgIpc) is 2.80. The van der Waals surface area contributed by atoms with Gasteiger partial charge >= 0.3 is 0 Å². The summed E-state index contributed by atoms with van der Waals surface area (Å²) in [4.78, 5) is 25.3. The number of carbonyl (C=O) groups excluding carboxylic acids is 2. The topological polar surface area (TPSA) is 105 Å². The molecule has 2 N–H and O–H groups in total. The molecule has 0 bridgehead atoms. The molecule has 0 aromatic heterocycles. The minimum atomic E-state index is -3.84. The van der Waals surface area contributed by atoms with Gasteiger partial charge in [0.25, 0.3) is 5.91 Å². The van der Waals surface area contributed by atoms with Gasteiger partial charge in [-0.15, -0.1) is 0 Å². The van der Waals surface area contributed by atoms with Crippen LogP contribution in [-0.4, -0.2) is 57.9 Å². The van der Waals surface area contributed by atoms with Crippen molar-refractivity contribution in [2.45, 2.75) is 17.7 Å². The Morgan fingerprint density at radius 2 is 1.88 bits per heavy atom. The first-order chi connectivity index (χ1) is 15.3. The minimum absolute atomic E-state index is 0.00768. The summed E-state index contributed by atoms with van der Waals surface area (Å²) in [5, 5.41) is 5.48. The maximum atomic E-state index is 13.2. The molecule has 3 rings (SSSR count). The van der Waals surface area contributed by atoms with Crippen LogP contribution in [0.2, 0.25) is 0 Å². The van der Waals surface area contributed by atoms with E-state index in [4.69, 9.17) is 4.74 Å². The van der Waals surface area contributed by atoms with Gasteiger partial charge in [0.2, 0.25) is 15.9 Å². The Morgan fingerprint density at radius 3 is 2.59 bits per heavy atom. The molecule has 32 heavy (non-hydrogen) atoms. The molecule has 1 fully saturated rings. The van der Waals surface area contributed by atoms with Crippen molar-refractivity contribution in [3.63, 3.8) is 0 Å². The average molecular weight is 464 g/mol. The maximum Gasteiger partial charge on any atom is 0.253 e. The Kier molecular flexibility index (Phi) is 7.94. The molecule has 1 heterocycles. The largest absolute Gasteiger partial charge is 0.383 e. The molecule has 1 aliphatic heterocycles. The lowest BCUT2D eigenvalue weighted by Crippen LogP contribution is -2.43. The zero-order valence-corrected chi connectivity index (χ0v) is 18.5. The van der Waals surface area contributed by atoms with Gasteiger partial charge in [0.1, 0.15) is 5.82 Å². The standard InChI is InChI=1S/C22H26FN3O5S/c1-31-14-12-24-22(28)19-6-2-3-7-20(19)25-21(27)16-5-4-13-26(15-16)32(29,30)18-10-8-17(23)9-11-18/h2-3,6-11,16H,4-5,12-15H2,1H3,(H,24,28)(H,25,27)/t16-/m1/s1. The van der Waals surface area contributed by atoms with E-state index in [1.807, 2.05) is 0 Å². The number of hydrogen-bond donors (Lipinski definition) is 2. The molecule has 2 aromatic rings. The molecular formula is C22H26FN3O5S. The van der Waals surface area contributed by atoms with E-state index in [-0.39, 0.29) is 29.8 Å². The second-order valence-corrected chi connectivity index (χ2v) is 9.38. The molecule has 0 aliphatic carbocycles. The van der Waals surface area contributed by atoms with Crippen molar-refractivity contribution in [1.29, 1.82) is 0 Å². The highest BCUT2D eigenvalue weighted by Crippen LogP contribution is 2.25. The van der Waals surface area contributed by atoms with E-state index in [1.165, 1.54) is 23.5 Å². The molecule has 8 nitrogen and oxygen atoms in total. The summed E-state index contributed by atoms with van der Waals surface area (Å²) in [5.41, 5.74) is 0.662. The van der Waals surface area contributed by atoms with Gasteiger partial charge in [-0.2, -0.15) is 4.31 Å². The highest BCUT2D eigenvalue weighted by molar-refractivity contribution is 7.89. The molecule has 1 aliphatic rings. The lowest BCUT2D eigenvalue weighted by Gasteiger charge is -2.31. The van der Waals surface area contributed by atoms with Crippen LogP contribution in [0.3, 0.4) is 0 Å². The Balaban J connectivity index is 1.70. The number of methoxy groups -OCH3 is 1. The van der Waals surface area contributed by atoms with Gasteiger partial charge in [-0.05, 0) is 49.2 Å². The van der Waals surface area contributed by atoms with Crippen LogP contribution in [0.15, 0.2) is 53.4 Å². The van der Waals surface area contributed by atoms with Crippen molar-refractivity contribution < 1.29 is 27.1 Å². The Bertz CT molecular complexity index is 1060. The monoisotopic (exact) mass is 463 g/mol. The summed E-state index contributed by atoms with van der Waals surface area (Å²) in [6.45, 7) is 0.979. The van der Waals surface area contributed by atoms with Gasteiger partial charge < -0.3 is 15.4 Å². The first-order valence-electron chi connectivity index (χ1n) is 10.3. The van der Waals surface area contributed by atoms with E-state index in [0.717, 1.165) is 12.1 Å². The fourth-order valence-electron chi connectivity index (χ4n) is 3.52. The van der Waals surface area contributed by atoms with Crippen LogP contribution < -0.4 is 10.6 Å². The summed E-state index contributed by atoms with van der Waals surface area (Å²) in [6, 6.07) is 11.2. The summed E-state index contributed by atoms with van der Waals surface area (Å²) in [7, 11) is -2.31. The van der Waals surface area contributed by atoms with Crippen molar-refractivity contribution in [1.82, 2.24) is 9.62 Å². The second-order valence-electron chi connectivity index (χ2n) is 7.44. The molecule has 1 atom stereocenters. The number of anilines is 1. The van der Waals surface area contributed by atoms with Crippen LogP contribution in [0.4, 0.5) is 10.1 Å². The van der Waals surface area contributed by atoms with E-state index in [0.29, 0.717) is 37.2 Å². The molecule has 0 spiro atoms. The van der Waals surface area contributed by atoms with Crippen LogP contribution >= 0.6 is 0 Å². The smallest absolute Gasteiger partial charge is 0.253 e. The number of carbonyl (C=O) groups is 2. The number of benzene rings is 2. The number of hydrogen-bond acceptors (Lipinski definition) is 5. The maximum absolute atomic E-state index is 13.2. The lowest BCUT2D eigenvalue weighted by molar-refractivity contribution is -0.120. The molecule has 0 unspecified atom stereocenters. The van der Waals surface area contributed by atoms with Crippen molar-refractivity contribution >= 4 is 27.5 Å². The number of sulfonamides is 1. The number of nitrogens with one attached hydrogen (secondary N) is 2. The van der Waals surface area contributed by atoms with Gasteiger partial charge in [-0.3, -0.25) is 9.59 Å². The van der Waals surface area contributed by atoms with Crippen LogP contribution in [0.25, 0.3) is 0 Å². The number of para-hydroxylation sites is 1. The Morgan fingerprint density at radius 1 is 1.16 bits per heavy atom. The predicted octanol–water partition coefficient (Wildman–Crippen LogP) is 2.24. The van der Waals surface area contributed by atoms with Crippen molar-refractivity contribution in [3.05, 3.63) is 59.9 Å². The third kappa shape index (κ3) is 5.70. The van der Waals surface area contributed by atoms with E-state index >= 15 is 0 Å². The van der Waals surface area contributed by atoms with Crippen LogP contribution in [0.5, 0.6) is 0 Å². The third-order valence-corrected chi connectivity index (χ3v) is 7.11. The van der Waals surface area contributed by atoms with Crippen molar-refractivity contribution in [3.8, 4) is 0 Å². The van der Waals surface area contributed by atoms with E-state index in [1.54, 1.807) is 24.3 Å². The van der Waals surface area contributed by atoms with Gasteiger partial charge in [-0.1, -0.05) is 12.1 Å². The fourth-order valence-corrected chi connectivity index (χ4v) is 5.04. The fraction of sp³-hybridized carbons (Fsp3) is 0.364. The number of halogens is 1. The molecule has 0 radical (unpaired) electrons. The lowest BCUT2D eigenvalue weighted by atomic mass is 9.98. The summed E-state index contributed by atoms with van der Waals surface area (Å²) >= 11 is 0. The van der Waals surface area contributed by atoms with E-state index in [9.17, 15) is 22.4 Å². The predicted molar refractivity (Wildman–Crippen MR) is 117 cm³/mol. The Labute approximate surface area is 186 Å². The van der Waals surface area contributed by atoms with Crippen molar-refractivity contribution in [2.24, 2.45) is 5.92 Å². The normalized spacial score (nSPS) is 17.0. The minimum Gasteiger partial charge on any atom is -0.383 e. The third-order valence-electron chi connectivity index (χ3n) is 5.23. The van der Waals surface area contributed by atoms with Gasteiger partial charge in [0, 0.05) is 26.7 Å². The van der Waals surface area contributed by atoms with E-state index < -0.39 is 21.8 Å². The molecule has 172 valence electrons. The van der Waals surface area contributed by atoms with Crippen LogP contribution in [-0.2, 0) is 19.6 Å².